The number of halogens is 1. The summed E-state index contributed by atoms with van der Waals surface area (Å²) >= 11 is 0. The molecule has 0 saturated heterocycles. The predicted molar refractivity (Wildman–Crippen MR) is 73.8 cm³/mol. The zero-order valence-electron chi connectivity index (χ0n) is 11.3. The molecule has 0 fully saturated rings. The number of benzene rings is 1. The van der Waals surface area contributed by atoms with Gasteiger partial charge in [-0.05, 0) is 31.5 Å². The molecule has 0 aliphatic rings. The van der Waals surface area contributed by atoms with E-state index in [1.165, 1.54) is 12.1 Å². The van der Waals surface area contributed by atoms with Crippen molar-refractivity contribution in [1.29, 1.82) is 0 Å². The van der Waals surface area contributed by atoms with Crippen molar-refractivity contribution in [2.75, 3.05) is 17.7 Å². The zero-order valence-corrected chi connectivity index (χ0v) is 11.3. The van der Waals surface area contributed by atoms with Crippen molar-refractivity contribution in [3.8, 4) is 6.01 Å². The highest BCUT2D eigenvalue weighted by Crippen LogP contribution is 2.19. The zero-order chi connectivity index (χ0) is 14.5. The standard InChI is InChI=1S/C13H16FN5O/c1-3-20-13-18-11(15)17-12(19-13)16-8(2)9-5-4-6-10(14)7-9/h4-8H,3H2,1-2H3,(H3,15,16,17,18,19). The van der Waals surface area contributed by atoms with Gasteiger partial charge in [0.1, 0.15) is 5.82 Å². The number of nitrogen functional groups attached to an aromatic ring is 1. The average Bonchev–Trinajstić information content (AvgIpc) is 2.38. The van der Waals surface area contributed by atoms with E-state index in [1.807, 2.05) is 19.9 Å². The lowest BCUT2D eigenvalue weighted by molar-refractivity contribution is 0.312. The summed E-state index contributed by atoms with van der Waals surface area (Å²) in [5.74, 6) is 0.0661. The molecule has 0 amide bonds. The van der Waals surface area contributed by atoms with Crippen molar-refractivity contribution >= 4 is 11.9 Å². The molecule has 1 unspecified atom stereocenters. The number of nitrogens with one attached hydrogen (secondary N) is 1. The highest BCUT2D eigenvalue weighted by molar-refractivity contribution is 5.36. The first kappa shape index (κ1) is 14.0. The maximum Gasteiger partial charge on any atom is 0.323 e. The second-order valence-electron chi connectivity index (χ2n) is 4.15. The van der Waals surface area contributed by atoms with Gasteiger partial charge in [0, 0.05) is 0 Å². The minimum absolute atomic E-state index is 0.0670. The summed E-state index contributed by atoms with van der Waals surface area (Å²) < 4.78 is 18.4. The van der Waals surface area contributed by atoms with Crippen LogP contribution in [0.15, 0.2) is 24.3 Å². The van der Waals surface area contributed by atoms with Gasteiger partial charge in [-0.2, -0.15) is 15.0 Å². The van der Waals surface area contributed by atoms with Crippen LogP contribution in [0.25, 0.3) is 0 Å². The third-order valence-corrected chi connectivity index (χ3v) is 2.60. The topological polar surface area (TPSA) is 86.0 Å². The van der Waals surface area contributed by atoms with E-state index in [9.17, 15) is 4.39 Å². The Labute approximate surface area is 116 Å². The summed E-state index contributed by atoms with van der Waals surface area (Å²) in [7, 11) is 0. The van der Waals surface area contributed by atoms with E-state index in [1.54, 1.807) is 6.07 Å². The Kier molecular flexibility index (Phi) is 4.29. The largest absolute Gasteiger partial charge is 0.464 e. The molecule has 106 valence electrons. The van der Waals surface area contributed by atoms with Gasteiger partial charge in [-0.25, -0.2) is 4.39 Å². The predicted octanol–water partition coefficient (Wildman–Crippen LogP) is 2.16. The fourth-order valence-electron chi connectivity index (χ4n) is 1.68. The van der Waals surface area contributed by atoms with E-state index in [2.05, 4.69) is 20.3 Å². The third kappa shape index (κ3) is 3.53. The van der Waals surface area contributed by atoms with Gasteiger partial charge in [-0.3, -0.25) is 0 Å². The number of anilines is 2. The molecule has 3 N–H and O–H groups in total. The van der Waals surface area contributed by atoms with Crippen molar-refractivity contribution in [3.05, 3.63) is 35.6 Å². The lowest BCUT2D eigenvalue weighted by Crippen LogP contribution is -2.12. The van der Waals surface area contributed by atoms with Crippen LogP contribution in [0.2, 0.25) is 0 Å². The highest BCUT2D eigenvalue weighted by atomic mass is 19.1. The number of rotatable bonds is 5. The molecule has 0 saturated carbocycles. The molecule has 2 aromatic rings. The Balaban J connectivity index is 2.16. The normalized spacial score (nSPS) is 11.9. The van der Waals surface area contributed by atoms with Gasteiger partial charge < -0.3 is 15.8 Å². The molecule has 7 heteroatoms. The van der Waals surface area contributed by atoms with Gasteiger partial charge >= 0.3 is 6.01 Å². The number of aromatic nitrogens is 3. The number of hydrogen-bond acceptors (Lipinski definition) is 6. The molecule has 0 aliphatic carbocycles. The molecular formula is C13H16FN5O. The van der Waals surface area contributed by atoms with Crippen molar-refractivity contribution in [2.24, 2.45) is 0 Å². The first-order valence-electron chi connectivity index (χ1n) is 6.25. The molecule has 0 radical (unpaired) electrons. The SMILES string of the molecule is CCOc1nc(N)nc(NC(C)c2cccc(F)c2)n1. The molecule has 1 heterocycles. The smallest absolute Gasteiger partial charge is 0.323 e. The Morgan fingerprint density at radius 3 is 2.85 bits per heavy atom. The monoisotopic (exact) mass is 277 g/mol. The van der Waals surface area contributed by atoms with Crippen LogP contribution in [-0.2, 0) is 0 Å². The van der Waals surface area contributed by atoms with E-state index in [4.69, 9.17) is 10.5 Å². The molecule has 6 nitrogen and oxygen atoms in total. The number of hydrogen-bond donors (Lipinski definition) is 2. The summed E-state index contributed by atoms with van der Waals surface area (Å²) in [6, 6.07) is 6.29. The van der Waals surface area contributed by atoms with Crippen LogP contribution in [-0.4, -0.2) is 21.6 Å². The van der Waals surface area contributed by atoms with Crippen LogP contribution in [0.4, 0.5) is 16.3 Å². The second-order valence-corrected chi connectivity index (χ2v) is 4.15. The lowest BCUT2D eigenvalue weighted by atomic mass is 10.1. The average molecular weight is 277 g/mol. The quantitative estimate of drug-likeness (QED) is 0.871. The van der Waals surface area contributed by atoms with Crippen LogP contribution < -0.4 is 15.8 Å². The van der Waals surface area contributed by atoms with Gasteiger partial charge in [0.05, 0.1) is 12.6 Å². The van der Waals surface area contributed by atoms with Crippen LogP contribution in [0.1, 0.15) is 25.5 Å². The summed E-state index contributed by atoms with van der Waals surface area (Å²) in [6.07, 6.45) is 0. The Morgan fingerprint density at radius 2 is 2.15 bits per heavy atom. The molecule has 1 aromatic heterocycles. The molecule has 0 bridgehead atoms. The molecular weight excluding hydrogens is 261 g/mol. The van der Waals surface area contributed by atoms with Gasteiger partial charge in [0.15, 0.2) is 0 Å². The van der Waals surface area contributed by atoms with Crippen molar-refractivity contribution < 1.29 is 9.13 Å². The Bertz CT molecular complexity index is 593. The molecule has 0 spiro atoms. The summed E-state index contributed by atoms with van der Waals surface area (Å²) in [6.45, 7) is 4.12. The van der Waals surface area contributed by atoms with Gasteiger partial charge in [0.25, 0.3) is 0 Å². The van der Waals surface area contributed by atoms with Gasteiger partial charge in [0.2, 0.25) is 11.9 Å². The van der Waals surface area contributed by atoms with Gasteiger partial charge in [-0.15, -0.1) is 0 Å². The highest BCUT2D eigenvalue weighted by Gasteiger charge is 2.10. The number of ether oxygens (including phenoxy) is 1. The Hall–Kier alpha value is -2.44. The van der Waals surface area contributed by atoms with Crippen LogP contribution in [0.5, 0.6) is 6.01 Å². The van der Waals surface area contributed by atoms with Crippen LogP contribution in [0, 0.1) is 5.82 Å². The maximum absolute atomic E-state index is 13.2. The fraction of sp³-hybridized carbons (Fsp3) is 0.308. The van der Waals surface area contributed by atoms with Gasteiger partial charge in [-0.1, -0.05) is 12.1 Å². The number of nitrogens with two attached hydrogens (primary N) is 1. The van der Waals surface area contributed by atoms with E-state index in [0.29, 0.717) is 6.61 Å². The van der Waals surface area contributed by atoms with E-state index in [0.717, 1.165) is 5.56 Å². The number of nitrogens with zero attached hydrogens (tertiary/aromatic N) is 3. The van der Waals surface area contributed by atoms with Crippen molar-refractivity contribution in [2.45, 2.75) is 19.9 Å². The minimum atomic E-state index is -0.290. The van der Waals surface area contributed by atoms with Crippen molar-refractivity contribution in [3.63, 3.8) is 0 Å². The first-order chi connectivity index (χ1) is 9.58. The van der Waals surface area contributed by atoms with Crippen LogP contribution >= 0.6 is 0 Å². The minimum Gasteiger partial charge on any atom is -0.464 e. The maximum atomic E-state index is 13.2. The van der Waals surface area contributed by atoms with E-state index < -0.39 is 0 Å². The third-order valence-electron chi connectivity index (χ3n) is 2.60. The summed E-state index contributed by atoms with van der Waals surface area (Å²) in [4.78, 5) is 11.9. The van der Waals surface area contributed by atoms with E-state index in [-0.39, 0.29) is 29.8 Å². The Morgan fingerprint density at radius 1 is 1.35 bits per heavy atom. The summed E-state index contributed by atoms with van der Waals surface area (Å²) in [5, 5.41) is 3.04. The molecule has 2 rings (SSSR count). The molecule has 0 aliphatic heterocycles. The molecule has 1 aromatic carbocycles. The summed E-state index contributed by atoms with van der Waals surface area (Å²) in [5.41, 5.74) is 6.37. The van der Waals surface area contributed by atoms with E-state index >= 15 is 0 Å². The first-order valence-corrected chi connectivity index (χ1v) is 6.25. The second kappa shape index (κ2) is 6.14. The fourth-order valence-corrected chi connectivity index (χ4v) is 1.68. The molecule has 20 heavy (non-hydrogen) atoms. The molecule has 1 atom stereocenters. The van der Waals surface area contributed by atoms with Crippen molar-refractivity contribution in [1.82, 2.24) is 15.0 Å². The van der Waals surface area contributed by atoms with Crippen LogP contribution in [0.3, 0.4) is 0 Å². The lowest BCUT2D eigenvalue weighted by Gasteiger charge is -2.14.